The molecule has 0 bridgehead atoms. The van der Waals surface area contributed by atoms with Crippen LogP contribution in [0.15, 0.2) is 48.5 Å². The van der Waals surface area contributed by atoms with Crippen molar-refractivity contribution in [3.63, 3.8) is 0 Å². The summed E-state index contributed by atoms with van der Waals surface area (Å²) >= 11 is 3.68. The molecule has 0 aromatic heterocycles. The maximum Gasteiger partial charge on any atom is 0.126 e. The van der Waals surface area contributed by atoms with E-state index < -0.39 is 0 Å². The molecule has 94 valence electrons. The van der Waals surface area contributed by atoms with Gasteiger partial charge in [-0.1, -0.05) is 58.4 Å². The monoisotopic (exact) mass is 306 g/mol. The molecule has 2 rings (SSSR count). The molecule has 0 nitrogen and oxygen atoms in total. The standard InChI is InChI=1S/C16H16BrF/c1-12-7-8-13(11-16(12)18)9-10-15(17)14-5-3-2-4-6-14/h2-8,11,15H,9-10H2,1H3. The van der Waals surface area contributed by atoms with E-state index in [0.29, 0.717) is 10.4 Å². The van der Waals surface area contributed by atoms with Gasteiger partial charge < -0.3 is 0 Å². The lowest BCUT2D eigenvalue weighted by Gasteiger charge is -2.10. The first kappa shape index (κ1) is 13.3. The smallest absolute Gasteiger partial charge is 0.126 e. The van der Waals surface area contributed by atoms with E-state index in [4.69, 9.17) is 0 Å². The number of hydrogen-bond acceptors (Lipinski definition) is 0. The Balaban J connectivity index is 1.97. The van der Waals surface area contributed by atoms with Crippen molar-refractivity contribution < 1.29 is 4.39 Å². The average Bonchev–Trinajstić information content (AvgIpc) is 2.41. The number of halogens is 2. The van der Waals surface area contributed by atoms with E-state index in [-0.39, 0.29) is 5.82 Å². The number of benzene rings is 2. The Labute approximate surface area is 116 Å². The quantitative estimate of drug-likeness (QED) is 0.681. The molecule has 0 aliphatic carbocycles. The fourth-order valence-corrected chi connectivity index (χ4v) is 2.45. The van der Waals surface area contributed by atoms with Crippen LogP contribution < -0.4 is 0 Å². The van der Waals surface area contributed by atoms with Crippen molar-refractivity contribution in [1.29, 1.82) is 0 Å². The van der Waals surface area contributed by atoms with Crippen molar-refractivity contribution in [1.82, 2.24) is 0 Å². The van der Waals surface area contributed by atoms with E-state index >= 15 is 0 Å². The molecule has 0 spiro atoms. The highest BCUT2D eigenvalue weighted by Crippen LogP contribution is 2.27. The predicted molar refractivity (Wildman–Crippen MR) is 77.6 cm³/mol. The first-order valence-electron chi connectivity index (χ1n) is 6.11. The van der Waals surface area contributed by atoms with Gasteiger partial charge in [0, 0.05) is 4.83 Å². The Hall–Kier alpha value is -1.15. The Kier molecular flexibility index (Phi) is 4.54. The van der Waals surface area contributed by atoms with Crippen molar-refractivity contribution >= 4 is 15.9 Å². The van der Waals surface area contributed by atoms with Crippen LogP contribution in [-0.4, -0.2) is 0 Å². The van der Waals surface area contributed by atoms with Gasteiger partial charge in [-0.3, -0.25) is 0 Å². The van der Waals surface area contributed by atoms with Crippen LogP contribution in [0, 0.1) is 12.7 Å². The van der Waals surface area contributed by atoms with Gasteiger partial charge in [-0.05, 0) is 42.5 Å². The first-order valence-corrected chi connectivity index (χ1v) is 7.02. The van der Waals surface area contributed by atoms with Gasteiger partial charge in [0.2, 0.25) is 0 Å². The van der Waals surface area contributed by atoms with Crippen LogP contribution >= 0.6 is 15.9 Å². The summed E-state index contributed by atoms with van der Waals surface area (Å²) in [5.74, 6) is -0.113. The molecule has 1 atom stereocenters. The zero-order valence-electron chi connectivity index (χ0n) is 10.4. The van der Waals surface area contributed by atoms with Crippen molar-refractivity contribution in [2.45, 2.75) is 24.6 Å². The van der Waals surface area contributed by atoms with Crippen LogP contribution in [0.4, 0.5) is 4.39 Å². The molecule has 2 heteroatoms. The van der Waals surface area contributed by atoms with Crippen molar-refractivity contribution in [2.24, 2.45) is 0 Å². The van der Waals surface area contributed by atoms with Crippen LogP contribution in [0.1, 0.15) is 27.9 Å². The summed E-state index contributed by atoms with van der Waals surface area (Å²) in [5, 5.41) is 0. The normalized spacial score (nSPS) is 12.4. The van der Waals surface area contributed by atoms with Crippen molar-refractivity contribution in [2.75, 3.05) is 0 Å². The van der Waals surface area contributed by atoms with Crippen LogP contribution in [0.2, 0.25) is 0 Å². The van der Waals surface area contributed by atoms with Gasteiger partial charge >= 0.3 is 0 Å². The number of rotatable bonds is 4. The molecular formula is C16H16BrF. The molecular weight excluding hydrogens is 291 g/mol. The van der Waals surface area contributed by atoms with Crippen LogP contribution in [0.5, 0.6) is 0 Å². The summed E-state index contributed by atoms with van der Waals surface area (Å²) < 4.78 is 13.4. The lowest BCUT2D eigenvalue weighted by Crippen LogP contribution is -1.94. The highest BCUT2D eigenvalue weighted by atomic mass is 79.9. The van der Waals surface area contributed by atoms with E-state index in [0.717, 1.165) is 18.4 Å². The molecule has 0 heterocycles. The molecule has 0 amide bonds. The third-order valence-electron chi connectivity index (χ3n) is 3.08. The van der Waals surface area contributed by atoms with E-state index in [1.807, 2.05) is 30.3 Å². The topological polar surface area (TPSA) is 0 Å². The maximum absolute atomic E-state index is 13.4. The highest BCUT2D eigenvalue weighted by molar-refractivity contribution is 9.09. The number of aryl methyl sites for hydroxylation is 2. The fourth-order valence-electron chi connectivity index (χ4n) is 1.91. The van der Waals surface area contributed by atoms with E-state index in [9.17, 15) is 4.39 Å². The van der Waals surface area contributed by atoms with Gasteiger partial charge in [0.1, 0.15) is 5.82 Å². The van der Waals surface area contributed by atoms with Gasteiger partial charge in [-0.25, -0.2) is 4.39 Å². The number of alkyl halides is 1. The van der Waals surface area contributed by atoms with Crippen LogP contribution in [-0.2, 0) is 6.42 Å². The summed E-state index contributed by atoms with van der Waals surface area (Å²) in [6.45, 7) is 1.79. The van der Waals surface area contributed by atoms with E-state index in [2.05, 4.69) is 28.1 Å². The molecule has 0 radical (unpaired) electrons. The fraction of sp³-hybridized carbons (Fsp3) is 0.250. The zero-order valence-corrected chi connectivity index (χ0v) is 12.0. The maximum atomic E-state index is 13.4. The molecule has 0 aliphatic rings. The van der Waals surface area contributed by atoms with Crippen molar-refractivity contribution in [3.05, 3.63) is 71.0 Å². The largest absolute Gasteiger partial charge is 0.207 e. The summed E-state index contributed by atoms with van der Waals surface area (Å²) in [4.78, 5) is 0.322. The van der Waals surface area contributed by atoms with E-state index in [1.54, 1.807) is 13.0 Å². The molecule has 2 aromatic carbocycles. The number of hydrogen-bond donors (Lipinski definition) is 0. The second-order valence-corrected chi connectivity index (χ2v) is 5.61. The minimum Gasteiger partial charge on any atom is -0.207 e. The molecule has 2 aromatic rings. The minimum absolute atomic E-state index is 0.113. The van der Waals surface area contributed by atoms with Crippen LogP contribution in [0.25, 0.3) is 0 Å². The van der Waals surface area contributed by atoms with E-state index in [1.165, 1.54) is 5.56 Å². The third kappa shape index (κ3) is 3.42. The molecule has 0 fully saturated rings. The molecule has 0 N–H and O–H groups in total. The summed E-state index contributed by atoms with van der Waals surface area (Å²) in [6, 6.07) is 15.8. The first-order chi connectivity index (χ1) is 8.66. The second kappa shape index (κ2) is 6.14. The molecule has 18 heavy (non-hydrogen) atoms. The second-order valence-electron chi connectivity index (χ2n) is 4.50. The van der Waals surface area contributed by atoms with Crippen molar-refractivity contribution in [3.8, 4) is 0 Å². The van der Waals surface area contributed by atoms with Gasteiger partial charge in [0.15, 0.2) is 0 Å². The van der Waals surface area contributed by atoms with Gasteiger partial charge in [0.05, 0.1) is 0 Å². The van der Waals surface area contributed by atoms with Crippen LogP contribution in [0.3, 0.4) is 0 Å². The van der Waals surface area contributed by atoms with Gasteiger partial charge in [-0.15, -0.1) is 0 Å². The third-order valence-corrected chi connectivity index (χ3v) is 4.07. The SMILES string of the molecule is Cc1ccc(CCC(Br)c2ccccc2)cc1F. The Morgan fingerprint density at radius 3 is 2.50 bits per heavy atom. The van der Waals surface area contributed by atoms with Gasteiger partial charge in [0.25, 0.3) is 0 Å². The summed E-state index contributed by atoms with van der Waals surface area (Å²) in [5.41, 5.74) is 3.03. The molecule has 1 unspecified atom stereocenters. The zero-order chi connectivity index (χ0) is 13.0. The average molecular weight is 307 g/mol. The Morgan fingerprint density at radius 1 is 1.11 bits per heavy atom. The summed E-state index contributed by atoms with van der Waals surface area (Å²) in [7, 11) is 0. The highest BCUT2D eigenvalue weighted by Gasteiger charge is 2.07. The lowest BCUT2D eigenvalue weighted by atomic mass is 10.0. The Morgan fingerprint density at radius 2 is 1.83 bits per heavy atom. The Bertz CT molecular complexity index is 508. The molecule has 0 saturated heterocycles. The predicted octanol–water partition coefficient (Wildman–Crippen LogP) is 5.20. The summed E-state index contributed by atoms with van der Waals surface area (Å²) in [6.07, 6.45) is 1.84. The van der Waals surface area contributed by atoms with Gasteiger partial charge in [-0.2, -0.15) is 0 Å². The molecule has 0 aliphatic heterocycles. The lowest BCUT2D eigenvalue weighted by molar-refractivity contribution is 0.615. The minimum atomic E-state index is -0.113. The molecule has 0 saturated carbocycles.